The van der Waals surface area contributed by atoms with Crippen molar-refractivity contribution in [2.75, 3.05) is 0 Å². The minimum absolute atomic E-state index is 0.437. The van der Waals surface area contributed by atoms with Crippen LogP contribution in [0.5, 0.6) is 0 Å². The van der Waals surface area contributed by atoms with Gasteiger partial charge in [-0.25, -0.2) is 4.21 Å². The maximum atomic E-state index is 11.1. The van der Waals surface area contributed by atoms with Crippen LogP contribution in [0.25, 0.3) is 0 Å². The molecule has 0 bridgehead atoms. The Morgan fingerprint density at radius 2 is 1.88 bits per heavy atom. The Morgan fingerprint density at radius 1 is 1.18 bits per heavy atom. The van der Waals surface area contributed by atoms with E-state index in [0.29, 0.717) is 28.2 Å². The van der Waals surface area contributed by atoms with Crippen LogP contribution in [0.2, 0.25) is 0 Å². The molecule has 0 fully saturated rings. The first kappa shape index (κ1) is 11.8. The van der Waals surface area contributed by atoms with Crippen molar-refractivity contribution in [1.82, 2.24) is 0 Å². The van der Waals surface area contributed by atoms with Gasteiger partial charge in [-0.3, -0.25) is 0 Å². The Bertz CT molecular complexity index is 528. The summed E-state index contributed by atoms with van der Waals surface area (Å²) in [6, 6.07) is 9.53. The standard InChI is InChI=1S/C13H14N2OS/c14-11-7-6-10(13(17-16)12(11)15)8-9-4-2-1-3-5-9/h1-7,12H,8,14-15H2. The van der Waals surface area contributed by atoms with E-state index in [4.69, 9.17) is 11.5 Å². The first-order valence-corrected chi connectivity index (χ1v) is 6.09. The van der Waals surface area contributed by atoms with Crippen LogP contribution in [0.3, 0.4) is 0 Å². The lowest BCUT2D eigenvalue weighted by Crippen LogP contribution is -2.39. The van der Waals surface area contributed by atoms with E-state index in [2.05, 4.69) is 0 Å². The van der Waals surface area contributed by atoms with E-state index in [-0.39, 0.29) is 0 Å². The van der Waals surface area contributed by atoms with E-state index < -0.39 is 6.04 Å². The third-order valence-electron chi connectivity index (χ3n) is 2.76. The van der Waals surface area contributed by atoms with Crippen LogP contribution in [-0.4, -0.2) is 15.1 Å². The van der Waals surface area contributed by atoms with E-state index in [1.54, 1.807) is 6.08 Å². The predicted molar refractivity (Wildman–Crippen MR) is 71.6 cm³/mol. The first-order chi connectivity index (χ1) is 8.22. The average molecular weight is 246 g/mol. The summed E-state index contributed by atoms with van der Waals surface area (Å²) in [5, 5.41) is 0. The van der Waals surface area contributed by atoms with Crippen LogP contribution < -0.4 is 11.5 Å². The highest BCUT2D eigenvalue weighted by atomic mass is 32.1. The molecule has 1 atom stereocenters. The van der Waals surface area contributed by atoms with Crippen molar-refractivity contribution >= 4 is 16.1 Å². The quantitative estimate of drug-likeness (QED) is 0.756. The van der Waals surface area contributed by atoms with Gasteiger partial charge in [0.15, 0.2) is 0 Å². The SMILES string of the molecule is NC1=CC=C(Cc2ccccc2)C(=S=O)C1N. The Morgan fingerprint density at radius 3 is 2.53 bits per heavy atom. The Labute approximate surface area is 104 Å². The highest BCUT2D eigenvalue weighted by Gasteiger charge is 2.20. The molecule has 4 heteroatoms. The highest BCUT2D eigenvalue weighted by molar-refractivity contribution is 7.67. The van der Waals surface area contributed by atoms with Crippen LogP contribution in [0.4, 0.5) is 0 Å². The molecule has 0 aliphatic heterocycles. The van der Waals surface area contributed by atoms with E-state index in [1.807, 2.05) is 36.4 Å². The summed E-state index contributed by atoms with van der Waals surface area (Å²) in [6.07, 6.45) is 4.37. The predicted octanol–water partition coefficient (Wildman–Crippen LogP) is 0.724. The molecule has 0 saturated carbocycles. The second-order valence-corrected chi connectivity index (χ2v) is 4.55. The topological polar surface area (TPSA) is 69.1 Å². The maximum Gasteiger partial charge on any atom is 0.0944 e. The largest absolute Gasteiger partial charge is 0.400 e. The molecule has 0 saturated heterocycles. The molecule has 1 aromatic rings. The smallest absolute Gasteiger partial charge is 0.0944 e. The number of hydrogen-bond acceptors (Lipinski definition) is 3. The molecule has 1 aromatic carbocycles. The van der Waals surface area contributed by atoms with E-state index in [0.717, 1.165) is 11.1 Å². The van der Waals surface area contributed by atoms with Crippen LogP contribution in [0, 0.1) is 0 Å². The van der Waals surface area contributed by atoms with Gasteiger partial charge in [-0.15, -0.1) is 0 Å². The van der Waals surface area contributed by atoms with Crippen LogP contribution in [0.1, 0.15) is 5.56 Å². The Hall–Kier alpha value is -1.65. The van der Waals surface area contributed by atoms with Gasteiger partial charge in [-0.05, 0) is 23.6 Å². The van der Waals surface area contributed by atoms with E-state index in [1.165, 1.54) is 0 Å². The van der Waals surface area contributed by atoms with E-state index >= 15 is 0 Å². The van der Waals surface area contributed by atoms with Crippen molar-refractivity contribution in [2.45, 2.75) is 12.5 Å². The average Bonchev–Trinajstić information content (AvgIpc) is 2.36. The molecular weight excluding hydrogens is 232 g/mol. The van der Waals surface area contributed by atoms with Gasteiger partial charge in [0.1, 0.15) is 0 Å². The number of benzene rings is 1. The van der Waals surface area contributed by atoms with Gasteiger partial charge >= 0.3 is 0 Å². The molecule has 2 rings (SSSR count). The lowest BCUT2D eigenvalue weighted by atomic mass is 9.93. The van der Waals surface area contributed by atoms with Gasteiger partial charge < -0.3 is 11.5 Å². The van der Waals surface area contributed by atoms with Gasteiger partial charge in [0.2, 0.25) is 0 Å². The molecule has 1 aliphatic rings. The molecule has 17 heavy (non-hydrogen) atoms. The van der Waals surface area contributed by atoms with Crippen molar-refractivity contribution < 1.29 is 4.21 Å². The molecular formula is C13H14N2OS. The monoisotopic (exact) mass is 246 g/mol. The zero-order valence-electron chi connectivity index (χ0n) is 9.30. The first-order valence-electron chi connectivity index (χ1n) is 5.35. The lowest BCUT2D eigenvalue weighted by Gasteiger charge is -2.19. The normalized spacial score (nSPS) is 19.6. The van der Waals surface area contributed by atoms with Gasteiger partial charge in [-0.2, -0.15) is 0 Å². The molecule has 0 aromatic heterocycles. The third kappa shape index (κ3) is 2.54. The minimum Gasteiger partial charge on any atom is -0.400 e. The number of nitrogens with two attached hydrogens (primary N) is 2. The molecule has 1 unspecified atom stereocenters. The molecule has 0 amide bonds. The summed E-state index contributed by atoms with van der Waals surface area (Å²) >= 11 is 0.437. The fourth-order valence-corrected chi connectivity index (χ4v) is 2.29. The van der Waals surface area contributed by atoms with Crippen LogP contribution in [-0.2, 0) is 17.7 Å². The van der Waals surface area contributed by atoms with Gasteiger partial charge in [0, 0.05) is 5.70 Å². The van der Waals surface area contributed by atoms with E-state index in [9.17, 15) is 4.21 Å². The lowest BCUT2D eigenvalue weighted by molar-refractivity contribution is 0.700. The second-order valence-electron chi connectivity index (χ2n) is 3.95. The van der Waals surface area contributed by atoms with Crippen LogP contribution >= 0.6 is 0 Å². The van der Waals surface area contributed by atoms with Crippen LogP contribution in [0.15, 0.2) is 53.8 Å². The molecule has 3 nitrogen and oxygen atoms in total. The molecule has 0 spiro atoms. The summed E-state index contributed by atoms with van der Waals surface area (Å²) in [6.45, 7) is 0. The summed E-state index contributed by atoms with van der Waals surface area (Å²) < 4.78 is 11.1. The van der Waals surface area contributed by atoms with Gasteiger partial charge in [0.25, 0.3) is 0 Å². The third-order valence-corrected chi connectivity index (χ3v) is 3.46. The fourth-order valence-electron chi connectivity index (χ4n) is 1.80. The summed E-state index contributed by atoms with van der Waals surface area (Å²) in [5.74, 6) is 0. The number of allylic oxidation sites excluding steroid dienone is 2. The minimum atomic E-state index is -0.457. The Kier molecular flexibility index (Phi) is 3.56. The van der Waals surface area contributed by atoms with Crippen molar-refractivity contribution in [3.63, 3.8) is 0 Å². The molecule has 88 valence electrons. The summed E-state index contributed by atoms with van der Waals surface area (Å²) in [5.41, 5.74) is 14.3. The molecule has 0 radical (unpaired) electrons. The summed E-state index contributed by atoms with van der Waals surface area (Å²) in [7, 11) is 0. The van der Waals surface area contributed by atoms with Crippen molar-refractivity contribution in [3.05, 3.63) is 59.3 Å². The number of hydrogen-bond donors (Lipinski definition) is 2. The summed E-state index contributed by atoms with van der Waals surface area (Å²) in [4.78, 5) is 0.619. The Balaban J connectivity index is 2.30. The number of rotatable bonds is 2. The second kappa shape index (κ2) is 5.12. The highest BCUT2D eigenvalue weighted by Crippen LogP contribution is 2.16. The molecule has 0 heterocycles. The van der Waals surface area contributed by atoms with Gasteiger partial charge in [0.05, 0.1) is 22.2 Å². The van der Waals surface area contributed by atoms with Crippen molar-refractivity contribution in [1.29, 1.82) is 0 Å². The zero-order valence-corrected chi connectivity index (χ0v) is 10.1. The maximum absolute atomic E-state index is 11.1. The molecule has 1 aliphatic carbocycles. The fraction of sp³-hybridized carbons (Fsp3) is 0.154. The zero-order chi connectivity index (χ0) is 12.3. The van der Waals surface area contributed by atoms with Crippen molar-refractivity contribution in [2.24, 2.45) is 11.5 Å². The van der Waals surface area contributed by atoms with Gasteiger partial charge in [-0.1, -0.05) is 36.4 Å². The van der Waals surface area contributed by atoms with Crippen molar-refractivity contribution in [3.8, 4) is 0 Å². The molecule has 4 N–H and O–H groups in total.